The van der Waals surface area contributed by atoms with E-state index in [1.165, 1.54) is 44.5 Å². The van der Waals surface area contributed by atoms with Crippen molar-refractivity contribution < 1.29 is 4.74 Å². The van der Waals surface area contributed by atoms with Gasteiger partial charge in [0.05, 0.1) is 12.6 Å². The highest BCUT2D eigenvalue weighted by atomic mass is 16.5. The van der Waals surface area contributed by atoms with Crippen LogP contribution in [-0.2, 0) is 26.4 Å². The van der Waals surface area contributed by atoms with Crippen molar-refractivity contribution >= 4 is 46.3 Å². The van der Waals surface area contributed by atoms with Crippen molar-refractivity contribution in [1.82, 2.24) is 0 Å². The number of anilines is 6. The van der Waals surface area contributed by atoms with Crippen molar-refractivity contribution in [2.75, 3.05) is 9.80 Å². The van der Waals surface area contributed by atoms with Gasteiger partial charge in [0.15, 0.2) is 0 Å². The fourth-order valence-corrected chi connectivity index (χ4v) is 11.9. The monoisotopic (exact) mass is 1150 g/mol. The second-order valence-corrected chi connectivity index (χ2v) is 24.9. The molecular formula is C84H74N4O. The molecule has 10 aromatic rings. The van der Waals surface area contributed by atoms with Crippen molar-refractivity contribution in [3.63, 3.8) is 0 Å². The molecule has 11 rings (SSSR count). The number of rotatable bonds is 18. The molecule has 0 radical (unpaired) electrons. The summed E-state index contributed by atoms with van der Waals surface area (Å²) >= 11 is 0. The van der Waals surface area contributed by atoms with Crippen LogP contribution in [0.3, 0.4) is 0 Å². The Morgan fingerprint density at radius 1 is 0.337 bits per heavy atom. The topological polar surface area (TPSA) is 43.9 Å². The summed E-state index contributed by atoms with van der Waals surface area (Å²) in [6, 6.07) is 97.4. The summed E-state index contributed by atoms with van der Waals surface area (Å²) in [5.74, 6) is 1.01. The van der Waals surface area contributed by atoms with Crippen LogP contribution in [-0.4, -0.2) is 0 Å². The fourth-order valence-electron chi connectivity index (χ4n) is 11.9. The van der Waals surface area contributed by atoms with Crippen LogP contribution < -0.4 is 9.80 Å². The molecule has 0 saturated carbocycles. The maximum absolute atomic E-state index is 10.1. The predicted octanol–water partition coefficient (Wildman–Crippen LogP) is 22.2. The largest absolute Gasteiger partial charge is 0.457 e. The van der Waals surface area contributed by atoms with Gasteiger partial charge in [-0.3, -0.25) is 0 Å². The summed E-state index contributed by atoms with van der Waals surface area (Å²) in [6.45, 7) is 26.1. The molecule has 10 aromatic carbocycles. The van der Waals surface area contributed by atoms with E-state index in [0.717, 1.165) is 45.3 Å². The van der Waals surface area contributed by atoms with Crippen molar-refractivity contribution in [1.29, 1.82) is 5.26 Å². The Kier molecular flexibility index (Phi) is 17.3. The van der Waals surface area contributed by atoms with Crippen molar-refractivity contribution in [2.24, 2.45) is 0 Å². The first-order valence-electron chi connectivity index (χ1n) is 30.5. The third kappa shape index (κ3) is 13.0. The van der Waals surface area contributed by atoms with Crippen LogP contribution in [0.5, 0.6) is 0 Å². The minimum absolute atomic E-state index is 0.0133. The van der Waals surface area contributed by atoms with Crippen LogP contribution in [0.4, 0.5) is 34.1 Å². The highest BCUT2D eigenvalue weighted by Gasteiger charge is 2.28. The number of hydrogen-bond donors (Lipinski definition) is 0. The van der Waals surface area contributed by atoms with Crippen LogP contribution in [0.2, 0.25) is 0 Å². The van der Waals surface area contributed by atoms with Crippen LogP contribution in [0.15, 0.2) is 314 Å². The standard InChI is InChI=1S/C84H74N4O/c1-81(2,64-22-14-10-15-23-64)68-36-48-74(49-37-68)87(75-50-38-69(39-51-75)82(3,4)65-24-16-11-17-25-65)72-44-30-61(31-45-72)34-56-78-58-63(80(60-85)86-9)59-79(89-78)57-35-62-32-46-73(47-33-62)88(76-52-40-70(41-53-76)83(5,6)66-26-18-12-19-27-66)77-54-42-71(43-55-77)84(7,8)67-28-20-13-21-29-67/h10-59H,1-8H3. The molecule has 0 unspecified atom stereocenters. The van der Waals surface area contributed by atoms with Crippen molar-refractivity contribution in [3.05, 3.63) is 381 Å². The van der Waals surface area contributed by atoms with Crippen molar-refractivity contribution in [3.8, 4) is 6.07 Å². The lowest BCUT2D eigenvalue weighted by molar-refractivity contribution is 0.332. The average molecular weight is 1160 g/mol. The lowest BCUT2D eigenvalue weighted by Crippen LogP contribution is -2.19. The van der Waals surface area contributed by atoms with E-state index in [1.807, 2.05) is 24.3 Å². The van der Waals surface area contributed by atoms with E-state index in [4.69, 9.17) is 11.3 Å². The van der Waals surface area contributed by atoms with Crippen LogP contribution in [0.25, 0.3) is 17.0 Å². The summed E-state index contributed by atoms with van der Waals surface area (Å²) in [7, 11) is 0. The molecule has 0 aliphatic carbocycles. The molecule has 1 aliphatic rings. The Morgan fingerprint density at radius 3 is 0.787 bits per heavy atom. The number of allylic oxidation sites excluding steroid dienone is 6. The first kappa shape index (κ1) is 60.0. The Balaban J connectivity index is 0.845. The zero-order chi connectivity index (χ0) is 62.2. The van der Waals surface area contributed by atoms with E-state index in [0.29, 0.717) is 17.1 Å². The number of nitriles is 1. The maximum atomic E-state index is 10.1. The Bertz CT molecular complexity index is 3840. The molecule has 5 nitrogen and oxygen atoms in total. The first-order chi connectivity index (χ1) is 43.0. The number of benzene rings is 10. The summed E-state index contributed by atoms with van der Waals surface area (Å²) in [6.07, 6.45) is 11.3. The molecule has 0 bridgehead atoms. The van der Waals surface area contributed by atoms with Gasteiger partial charge in [0.1, 0.15) is 11.5 Å². The zero-order valence-electron chi connectivity index (χ0n) is 52.1. The van der Waals surface area contributed by atoms with E-state index in [2.05, 4.69) is 343 Å². The molecule has 0 N–H and O–H groups in total. The minimum Gasteiger partial charge on any atom is -0.457 e. The average Bonchev–Trinajstić information content (AvgIpc) is 1.50. The summed E-state index contributed by atoms with van der Waals surface area (Å²) < 4.78 is 6.49. The number of nitrogens with zero attached hydrogens (tertiary/aromatic N) is 4. The fraction of sp³-hybridized carbons (Fsp3) is 0.143. The van der Waals surface area contributed by atoms with E-state index in [-0.39, 0.29) is 27.4 Å². The van der Waals surface area contributed by atoms with Gasteiger partial charge in [0.25, 0.3) is 5.70 Å². The molecule has 1 aliphatic heterocycles. The molecule has 0 atom stereocenters. The molecule has 0 aromatic heterocycles. The molecule has 0 spiro atoms. The molecule has 5 heteroatoms. The predicted molar refractivity (Wildman–Crippen MR) is 371 cm³/mol. The Labute approximate surface area is 527 Å². The quantitative estimate of drug-likeness (QED) is 0.0634. The van der Waals surface area contributed by atoms with Gasteiger partial charge in [-0.1, -0.05) is 262 Å². The molecule has 0 amide bonds. The smallest absolute Gasteiger partial charge is 0.269 e. The second kappa shape index (κ2) is 25.7. The van der Waals surface area contributed by atoms with Gasteiger partial charge in [-0.2, -0.15) is 0 Å². The molecule has 0 fully saturated rings. The first-order valence-corrected chi connectivity index (χ1v) is 30.5. The van der Waals surface area contributed by atoms with E-state index >= 15 is 0 Å². The number of hydrogen-bond acceptors (Lipinski definition) is 4. The number of ether oxygens (including phenoxy) is 1. The van der Waals surface area contributed by atoms with Crippen LogP contribution in [0, 0.1) is 17.9 Å². The molecular weight excluding hydrogens is 1080 g/mol. The van der Waals surface area contributed by atoms with Gasteiger partial charge >= 0.3 is 0 Å². The van der Waals surface area contributed by atoms with Crippen LogP contribution >= 0.6 is 0 Å². The third-order valence-electron chi connectivity index (χ3n) is 17.9. The normalized spacial score (nSPS) is 12.8. The SMILES string of the molecule is [C-]#[N+]C(C#N)=C1C=C(C=Cc2ccc(N(c3ccc(C(C)(C)c4ccccc4)cc3)c3ccc(C(C)(C)c4ccccc4)cc3)cc2)OC(C=Cc2ccc(N(c3ccc(C(C)(C)c4ccccc4)cc3)c3ccc(C(C)(C)c4ccccc4)cc3)cc2)=C1. The molecule has 89 heavy (non-hydrogen) atoms. The van der Waals surface area contributed by atoms with E-state index < -0.39 is 0 Å². The maximum Gasteiger partial charge on any atom is 0.269 e. The highest BCUT2D eigenvalue weighted by molar-refractivity contribution is 5.79. The van der Waals surface area contributed by atoms with Gasteiger partial charge in [0, 0.05) is 55.8 Å². The van der Waals surface area contributed by atoms with Crippen LogP contribution in [0.1, 0.15) is 111 Å². The molecule has 0 saturated heterocycles. The lowest BCUT2D eigenvalue weighted by atomic mass is 9.78. The van der Waals surface area contributed by atoms with Gasteiger partial charge in [0.2, 0.25) is 0 Å². The van der Waals surface area contributed by atoms with E-state index in [1.54, 1.807) is 12.2 Å². The second-order valence-electron chi connectivity index (χ2n) is 24.9. The Morgan fingerprint density at radius 2 is 0.562 bits per heavy atom. The summed E-state index contributed by atoms with van der Waals surface area (Å²) in [5, 5.41) is 10.1. The van der Waals surface area contributed by atoms with E-state index in [9.17, 15) is 5.26 Å². The lowest BCUT2D eigenvalue weighted by Gasteiger charge is -2.30. The molecule has 436 valence electrons. The molecule has 1 heterocycles. The van der Waals surface area contributed by atoms with Gasteiger partial charge < -0.3 is 14.5 Å². The highest BCUT2D eigenvalue weighted by Crippen LogP contribution is 2.42. The zero-order valence-corrected chi connectivity index (χ0v) is 52.1. The summed E-state index contributed by atoms with van der Waals surface area (Å²) in [4.78, 5) is 8.18. The third-order valence-corrected chi connectivity index (χ3v) is 17.9. The van der Waals surface area contributed by atoms with Crippen molar-refractivity contribution in [2.45, 2.75) is 77.0 Å². The summed E-state index contributed by atoms with van der Waals surface area (Å²) in [5.41, 5.74) is 17.8. The van der Waals surface area contributed by atoms with Gasteiger partial charge in [-0.15, -0.1) is 0 Å². The van der Waals surface area contributed by atoms with Gasteiger partial charge in [-0.25, -0.2) is 10.1 Å². The van der Waals surface area contributed by atoms with Gasteiger partial charge in [-0.05, 0) is 158 Å². The Hall–Kier alpha value is -10.7. The minimum atomic E-state index is -0.182.